The molecule has 0 aliphatic carbocycles. The molecule has 6 heteroatoms. The lowest BCUT2D eigenvalue weighted by atomic mass is 9.62. The van der Waals surface area contributed by atoms with Gasteiger partial charge in [-0.1, -0.05) is 18.2 Å². The van der Waals surface area contributed by atoms with Crippen molar-refractivity contribution in [3.05, 3.63) is 29.8 Å². The summed E-state index contributed by atoms with van der Waals surface area (Å²) < 4.78 is 39.8. The number of aliphatic imine (C=N–C) groups is 1. The van der Waals surface area contributed by atoms with Gasteiger partial charge in [0.15, 0.2) is 0 Å². The number of para-hydroxylation sites is 1. The molecule has 2 atom stereocenters. The molecule has 1 saturated heterocycles. The van der Waals surface area contributed by atoms with Crippen LogP contribution >= 0.6 is 0 Å². The van der Waals surface area contributed by atoms with Gasteiger partial charge in [0.25, 0.3) is 0 Å². The third kappa shape index (κ3) is 2.18. The van der Waals surface area contributed by atoms with Crippen molar-refractivity contribution in [3.8, 4) is 0 Å². The molecule has 0 N–H and O–H groups in total. The fourth-order valence-electron chi connectivity index (χ4n) is 3.85. The lowest BCUT2D eigenvalue weighted by molar-refractivity contribution is -0.169. The van der Waals surface area contributed by atoms with Gasteiger partial charge in [-0.25, -0.2) is 0 Å². The summed E-state index contributed by atoms with van der Waals surface area (Å²) in [5, 5.41) is 0. The smallest absolute Gasteiger partial charge is 0.338 e. The summed E-state index contributed by atoms with van der Waals surface area (Å²) in [7, 11) is 0. The SMILES string of the molecule is CC(C)N1CC2(C=Nc3ccccc32)C(C)(CC(F)(F)F)C1=O. The largest absolute Gasteiger partial charge is 0.390 e. The predicted octanol–water partition coefficient (Wildman–Crippen LogP) is 3.85. The molecule has 1 fully saturated rings. The zero-order chi connectivity index (χ0) is 17.0. The maximum atomic E-state index is 13.3. The Morgan fingerprint density at radius 2 is 1.96 bits per heavy atom. The summed E-state index contributed by atoms with van der Waals surface area (Å²) in [4.78, 5) is 18.7. The highest BCUT2D eigenvalue weighted by Crippen LogP contribution is 2.57. The second-order valence-corrected chi connectivity index (χ2v) is 6.90. The van der Waals surface area contributed by atoms with Crippen molar-refractivity contribution in [1.29, 1.82) is 0 Å². The summed E-state index contributed by atoms with van der Waals surface area (Å²) in [6, 6.07) is 6.99. The molecule has 2 unspecified atom stereocenters. The molecule has 23 heavy (non-hydrogen) atoms. The average molecular weight is 324 g/mol. The normalized spacial score (nSPS) is 29.9. The van der Waals surface area contributed by atoms with Gasteiger partial charge in [-0.05, 0) is 32.4 Å². The van der Waals surface area contributed by atoms with Gasteiger partial charge in [-0.15, -0.1) is 0 Å². The quantitative estimate of drug-likeness (QED) is 0.813. The molecule has 1 amide bonds. The van der Waals surface area contributed by atoms with Crippen LogP contribution in [-0.4, -0.2) is 35.8 Å². The van der Waals surface area contributed by atoms with Crippen molar-refractivity contribution in [1.82, 2.24) is 4.90 Å². The molecule has 1 aromatic rings. The van der Waals surface area contributed by atoms with E-state index in [0.29, 0.717) is 11.3 Å². The number of benzene rings is 1. The van der Waals surface area contributed by atoms with Crippen LogP contribution in [0.1, 0.15) is 32.8 Å². The maximum absolute atomic E-state index is 13.3. The van der Waals surface area contributed by atoms with E-state index in [-0.39, 0.29) is 12.6 Å². The second kappa shape index (κ2) is 4.82. The van der Waals surface area contributed by atoms with Crippen LogP contribution in [0.15, 0.2) is 29.3 Å². The number of hydrogen-bond acceptors (Lipinski definition) is 2. The second-order valence-electron chi connectivity index (χ2n) is 6.90. The number of carbonyl (C=O) groups excluding carboxylic acids is 1. The Morgan fingerprint density at radius 1 is 1.30 bits per heavy atom. The van der Waals surface area contributed by atoms with Gasteiger partial charge in [0.05, 0.1) is 22.9 Å². The van der Waals surface area contributed by atoms with Crippen LogP contribution in [0, 0.1) is 5.41 Å². The first kappa shape index (κ1) is 16.0. The van der Waals surface area contributed by atoms with Crippen molar-refractivity contribution >= 4 is 17.8 Å². The van der Waals surface area contributed by atoms with Crippen LogP contribution in [0.3, 0.4) is 0 Å². The number of halogens is 3. The predicted molar refractivity (Wildman–Crippen MR) is 81.9 cm³/mol. The van der Waals surface area contributed by atoms with Crippen LogP contribution in [0.2, 0.25) is 0 Å². The van der Waals surface area contributed by atoms with Crippen molar-refractivity contribution in [3.63, 3.8) is 0 Å². The van der Waals surface area contributed by atoms with Gasteiger partial charge in [-0.3, -0.25) is 9.79 Å². The van der Waals surface area contributed by atoms with Crippen LogP contribution in [0.5, 0.6) is 0 Å². The number of likely N-dealkylation sites (tertiary alicyclic amines) is 1. The number of hydrogen-bond donors (Lipinski definition) is 0. The minimum absolute atomic E-state index is 0.157. The molecular formula is C17H19F3N2O. The zero-order valence-electron chi connectivity index (χ0n) is 13.3. The highest BCUT2D eigenvalue weighted by Gasteiger charge is 2.65. The summed E-state index contributed by atoms with van der Waals surface area (Å²) in [5.74, 6) is -0.451. The first-order valence-corrected chi connectivity index (χ1v) is 7.63. The van der Waals surface area contributed by atoms with E-state index in [1.54, 1.807) is 35.4 Å². The zero-order valence-corrected chi connectivity index (χ0v) is 13.3. The summed E-state index contributed by atoms with van der Waals surface area (Å²) in [5.41, 5.74) is -1.24. The van der Waals surface area contributed by atoms with Gasteiger partial charge in [0, 0.05) is 18.8 Å². The average Bonchev–Trinajstić information content (AvgIpc) is 2.91. The Bertz CT molecular complexity index is 683. The van der Waals surface area contributed by atoms with E-state index in [1.165, 1.54) is 6.92 Å². The van der Waals surface area contributed by atoms with E-state index in [0.717, 1.165) is 0 Å². The van der Waals surface area contributed by atoms with E-state index in [9.17, 15) is 18.0 Å². The Labute approximate surface area is 133 Å². The highest BCUT2D eigenvalue weighted by molar-refractivity contribution is 5.99. The molecule has 3 nitrogen and oxygen atoms in total. The number of amides is 1. The molecular weight excluding hydrogens is 305 g/mol. The third-order valence-corrected chi connectivity index (χ3v) is 5.12. The molecule has 3 rings (SSSR count). The van der Waals surface area contributed by atoms with Gasteiger partial charge in [-0.2, -0.15) is 13.2 Å². The fraction of sp³-hybridized carbons (Fsp3) is 0.529. The first-order valence-electron chi connectivity index (χ1n) is 7.63. The van der Waals surface area contributed by atoms with Crippen molar-refractivity contribution in [2.24, 2.45) is 10.4 Å². The Kier molecular flexibility index (Phi) is 3.36. The van der Waals surface area contributed by atoms with Gasteiger partial charge in [0.2, 0.25) is 5.91 Å². The van der Waals surface area contributed by atoms with Gasteiger partial charge < -0.3 is 4.90 Å². The maximum Gasteiger partial charge on any atom is 0.390 e. The molecule has 2 heterocycles. The van der Waals surface area contributed by atoms with Crippen LogP contribution in [0.25, 0.3) is 0 Å². The molecule has 0 bridgehead atoms. The summed E-state index contributed by atoms with van der Waals surface area (Å²) in [6.07, 6.45) is -4.01. The first-order chi connectivity index (χ1) is 10.6. The molecule has 0 aromatic heterocycles. The highest BCUT2D eigenvalue weighted by atomic mass is 19.4. The minimum atomic E-state index is -4.42. The minimum Gasteiger partial charge on any atom is -0.338 e. The summed E-state index contributed by atoms with van der Waals surface area (Å²) >= 11 is 0. The summed E-state index contributed by atoms with van der Waals surface area (Å²) in [6.45, 7) is 5.31. The van der Waals surface area contributed by atoms with Crippen molar-refractivity contribution < 1.29 is 18.0 Å². The van der Waals surface area contributed by atoms with E-state index < -0.39 is 29.3 Å². The number of nitrogens with zero attached hydrogens (tertiary/aromatic N) is 2. The molecule has 2 aliphatic rings. The van der Waals surface area contributed by atoms with E-state index in [2.05, 4.69) is 4.99 Å². The molecule has 0 saturated carbocycles. The van der Waals surface area contributed by atoms with Crippen LogP contribution < -0.4 is 0 Å². The van der Waals surface area contributed by atoms with Crippen molar-refractivity contribution in [2.75, 3.05) is 6.54 Å². The van der Waals surface area contributed by atoms with E-state index >= 15 is 0 Å². The third-order valence-electron chi connectivity index (χ3n) is 5.12. The monoisotopic (exact) mass is 324 g/mol. The lowest BCUT2D eigenvalue weighted by Gasteiger charge is -2.37. The van der Waals surface area contributed by atoms with E-state index in [1.807, 2.05) is 13.8 Å². The Hall–Kier alpha value is -1.85. The number of fused-ring (bicyclic) bond motifs is 2. The molecule has 0 radical (unpaired) electrons. The molecule has 124 valence electrons. The number of carbonyl (C=O) groups is 1. The Morgan fingerprint density at radius 3 is 2.57 bits per heavy atom. The fourth-order valence-corrected chi connectivity index (χ4v) is 3.85. The van der Waals surface area contributed by atoms with E-state index in [4.69, 9.17) is 0 Å². The van der Waals surface area contributed by atoms with Crippen molar-refractivity contribution in [2.45, 2.75) is 44.8 Å². The topological polar surface area (TPSA) is 32.7 Å². The molecule has 1 spiro atoms. The van der Waals surface area contributed by atoms with Gasteiger partial charge in [0.1, 0.15) is 0 Å². The lowest BCUT2D eigenvalue weighted by Crippen LogP contribution is -2.47. The van der Waals surface area contributed by atoms with Crippen LogP contribution in [-0.2, 0) is 10.2 Å². The number of rotatable bonds is 2. The van der Waals surface area contributed by atoms with Gasteiger partial charge >= 0.3 is 6.18 Å². The molecule has 2 aliphatic heterocycles. The molecule has 1 aromatic carbocycles. The Balaban J connectivity index is 2.18. The van der Waals surface area contributed by atoms with Crippen LogP contribution in [0.4, 0.5) is 18.9 Å². The standard InChI is InChI=1S/C17H19F3N2O/c1-11(2)22-10-16(9-21-13-7-5-4-6-12(13)16)15(3,14(22)23)8-17(18,19)20/h4-7,9,11H,8,10H2,1-3H3. The number of alkyl halides is 3.